The molecule has 0 aliphatic heterocycles. The maximum Gasteiger partial charge on any atom is 0.310 e. The van der Waals surface area contributed by atoms with Gasteiger partial charge in [0.15, 0.2) is 0 Å². The molecule has 0 fully saturated rings. The first-order chi connectivity index (χ1) is 9.68. The van der Waals surface area contributed by atoms with Crippen LogP contribution in [-0.2, 0) is 9.59 Å². The van der Waals surface area contributed by atoms with Gasteiger partial charge in [-0.2, -0.15) is 0 Å². The number of benzene rings is 1. The molecule has 1 aromatic rings. The lowest BCUT2D eigenvalue weighted by atomic mass is 9.76. The summed E-state index contributed by atoms with van der Waals surface area (Å²) in [4.78, 5) is 23.6. The summed E-state index contributed by atoms with van der Waals surface area (Å²) >= 11 is 3.45. The highest BCUT2D eigenvalue weighted by Gasteiger charge is 2.39. The molecular formula is C16H22BrNO3. The predicted octanol–water partition coefficient (Wildman–Crippen LogP) is 3.76. The lowest BCUT2D eigenvalue weighted by molar-refractivity contribution is -0.153. The first-order valence-electron chi connectivity index (χ1n) is 6.95. The summed E-state index contributed by atoms with van der Waals surface area (Å²) in [6.07, 6.45) is -0.0329. The number of hydrogen-bond acceptors (Lipinski definition) is 2. The van der Waals surface area contributed by atoms with Gasteiger partial charge < -0.3 is 10.4 Å². The lowest BCUT2D eigenvalue weighted by Gasteiger charge is -2.29. The molecule has 0 aliphatic rings. The van der Waals surface area contributed by atoms with E-state index in [1.807, 2.05) is 45.0 Å². The van der Waals surface area contributed by atoms with Gasteiger partial charge in [0.1, 0.15) is 0 Å². The average molecular weight is 356 g/mol. The smallest absolute Gasteiger partial charge is 0.310 e. The zero-order chi connectivity index (χ0) is 16.2. The molecule has 2 N–H and O–H groups in total. The minimum Gasteiger partial charge on any atom is -0.481 e. The summed E-state index contributed by atoms with van der Waals surface area (Å²) < 4.78 is 0.919. The summed E-state index contributed by atoms with van der Waals surface area (Å²) in [5.41, 5.74) is -0.0926. The van der Waals surface area contributed by atoms with Crippen LogP contribution in [-0.4, -0.2) is 17.0 Å². The van der Waals surface area contributed by atoms with Crippen molar-refractivity contribution in [2.24, 2.45) is 11.3 Å². The first kappa shape index (κ1) is 17.7. The van der Waals surface area contributed by atoms with Crippen molar-refractivity contribution < 1.29 is 14.7 Å². The molecule has 0 bridgehead atoms. The highest BCUT2D eigenvalue weighted by molar-refractivity contribution is 9.10. The van der Waals surface area contributed by atoms with E-state index in [9.17, 15) is 14.7 Å². The van der Waals surface area contributed by atoms with Crippen molar-refractivity contribution in [3.05, 3.63) is 34.3 Å². The normalized spacial score (nSPS) is 15.3. The summed E-state index contributed by atoms with van der Waals surface area (Å²) in [7, 11) is 0. The molecule has 4 nitrogen and oxygen atoms in total. The van der Waals surface area contributed by atoms with Gasteiger partial charge in [-0.1, -0.05) is 48.0 Å². The van der Waals surface area contributed by atoms with Gasteiger partial charge in [0.05, 0.1) is 11.5 Å². The minimum atomic E-state index is -1.06. The Morgan fingerprint density at radius 3 is 2.33 bits per heavy atom. The Hall–Kier alpha value is -1.36. The SMILES string of the molecule is CC(C)C(C)(CC(=O)N[C@@H](C)c1ccccc1Br)C(=O)O. The van der Waals surface area contributed by atoms with Crippen LogP contribution in [0.1, 0.15) is 45.7 Å². The zero-order valence-corrected chi connectivity index (χ0v) is 14.4. The van der Waals surface area contributed by atoms with E-state index in [2.05, 4.69) is 21.2 Å². The van der Waals surface area contributed by atoms with Crippen LogP contribution in [0.15, 0.2) is 28.7 Å². The van der Waals surface area contributed by atoms with Crippen molar-refractivity contribution in [2.45, 2.75) is 40.2 Å². The van der Waals surface area contributed by atoms with Crippen LogP contribution in [0.4, 0.5) is 0 Å². The number of carboxylic acids is 1. The molecule has 21 heavy (non-hydrogen) atoms. The molecule has 1 rings (SSSR count). The van der Waals surface area contributed by atoms with Gasteiger partial charge in [0.2, 0.25) is 5.91 Å². The van der Waals surface area contributed by atoms with Crippen molar-refractivity contribution in [1.82, 2.24) is 5.32 Å². The number of carbonyl (C=O) groups excluding carboxylic acids is 1. The molecule has 0 aromatic heterocycles. The monoisotopic (exact) mass is 355 g/mol. The third-order valence-corrected chi connectivity index (χ3v) is 4.76. The van der Waals surface area contributed by atoms with Crippen LogP contribution in [0.5, 0.6) is 0 Å². The van der Waals surface area contributed by atoms with Gasteiger partial charge in [-0.05, 0) is 31.4 Å². The maximum absolute atomic E-state index is 12.2. The number of carboxylic acid groups (broad SMARTS) is 1. The number of nitrogens with one attached hydrogen (secondary N) is 1. The summed E-state index contributed by atoms with van der Waals surface area (Å²) in [5, 5.41) is 12.2. The molecule has 1 unspecified atom stereocenters. The van der Waals surface area contributed by atoms with Crippen molar-refractivity contribution in [1.29, 1.82) is 0 Å². The van der Waals surface area contributed by atoms with Crippen LogP contribution in [0.25, 0.3) is 0 Å². The maximum atomic E-state index is 12.2. The number of rotatable bonds is 6. The Labute approximate surface area is 134 Å². The molecule has 0 saturated carbocycles. The summed E-state index contributed by atoms with van der Waals surface area (Å²) in [5.74, 6) is -1.32. The van der Waals surface area contributed by atoms with E-state index < -0.39 is 11.4 Å². The lowest BCUT2D eigenvalue weighted by Crippen LogP contribution is -2.39. The molecule has 5 heteroatoms. The standard InChI is InChI=1S/C16H22BrNO3/c1-10(2)16(4,15(20)21)9-14(19)18-11(3)12-7-5-6-8-13(12)17/h5-8,10-11H,9H2,1-4H3,(H,18,19)(H,20,21)/t11-,16?/m0/s1. The Kier molecular flexibility index (Phi) is 5.96. The molecule has 0 radical (unpaired) electrons. The number of carbonyl (C=O) groups is 2. The second-order valence-electron chi connectivity index (χ2n) is 5.86. The van der Waals surface area contributed by atoms with E-state index in [1.165, 1.54) is 0 Å². The van der Waals surface area contributed by atoms with Crippen LogP contribution in [0.3, 0.4) is 0 Å². The van der Waals surface area contributed by atoms with Gasteiger partial charge in [-0.25, -0.2) is 0 Å². The fourth-order valence-electron chi connectivity index (χ4n) is 2.06. The number of hydrogen-bond donors (Lipinski definition) is 2. The summed E-state index contributed by atoms with van der Waals surface area (Å²) in [6, 6.07) is 7.46. The van der Waals surface area contributed by atoms with Crippen LogP contribution < -0.4 is 5.32 Å². The Morgan fingerprint density at radius 2 is 1.86 bits per heavy atom. The van der Waals surface area contributed by atoms with Crippen molar-refractivity contribution >= 4 is 27.8 Å². The molecular weight excluding hydrogens is 334 g/mol. The van der Waals surface area contributed by atoms with Gasteiger partial charge in [0.25, 0.3) is 0 Å². The van der Waals surface area contributed by atoms with Crippen LogP contribution in [0, 0.1) is 11.3 Å². The molecule has 0 spiro atoms. The van der Waals surface area contributed by atoms with E-state index in [0.29, 0.717) is 0 Å². The fourth-order valence-corrected chi connectivity index (χ4v) is 2.68. The molecule has 1 aromatic carbocycles. The van der Waals surface area contributed by atoms with Crippen LogP contribution >= 0.6 is 15.9 Å². The predicted molar refractivity (Wildman–Crippen MR) is 85.9 cm³/mol. The van der Waals surface area contributed by atoms with E-state index in [4.69, 9.17) is 0 Å². The minimum absolute atomic E-state index is 0.0329. The van der Waals surface area contributed by atoms with Gasteiger partial charge in [-0.3, -0.25) is 9.59 Å². The summed E-state index contributed by atoms with van der Waals surface area (Å²) in [6.45, 7) is 7.13. The van der Waals surface area contributed by atoms with Gasteiger partial charge in [0, 0.05) is 10.9 Å². The number of amides is 1. The van der Waals surface area contributed by atoms with E-state index >= 15 is 0 Å². The third-order valence-electron chi connectivity index (χ3n) is 4.04. The van der Waals surface area contributed by atoms with Crippen molar-refractivity contribution in [3.63, 3.8) is 0 Å². The highest BCUT2D eigenvalue weighted by Crippen LogP contribution is 2.32. The van der Waals surface area contributed by atoms with E-state index in [1.54, 1.807) is 6.92 Å². The molecule has 1 amide bonds. The van der Waals surface area contributed by atoms with Crippen molar-refractivity contribution in [2.75, 3.05) is 0 Å². The fraction of sp³-hybridized carbons (Fsp3) is 0.500. The molecule has 0 heterocycles. The quantitative estimate of drug-likeness (QED) is 0.816. The molecule has 0 aliphatic carbocycles. The Morgan fingerprint density at radius 1 is 1.29 bits per heavy atom. The van der Waals surface area contributed by atoms with E-state index in [0.717, 1.165) is 10.0 Å². The molecule has 2 atom stereocenters. The molecule has 116 valence electrons. The number of halogens is 1. The number of aliphatic carboxylic acids is 1. The topological polar surface area (TPSA) is 66.4 Å². The second kappa shape index (κ2) is 7.07. The zero-order valence-electron chi connectivity index (χ0n) is 12.8. The van der Waals surface area contributed by atoms with Crippen molar-refractivity contribution in [3.8, 4) is 0 Å². The van der Waals surface area contributed by atoms with E-state index in [-0.39, 0.29) is 24.3 Å². The Balaban J connectivity index is 2.78. The largest absolute Gasteiger partial charge is 0.481 e. The van der Waals surface area contributed by atoms with Gasteiger partial charge >= 0.3 is 5.97 Å². The Bertz CT molecular complexity index is 530. The van der Waals surface area contributed by atoms with Crippen LogP contribution in [0.2, 0.25) is 0 Å². The molecule has 0 saturated heterocycles. The second-order valence-corrected chi connectivity index (χ2v) is 6.72. The third kappa shape index (κ3) is 4.30. The first-order valence-corrected chi connectivity index (χ1v) is 7.75. The average Bonchev–Trinajstić information content (AvgIpc) is 2.38. The van der Waals surface area contributed by atoms with Gasteiger partial charge in [-0.15, -0.1) is 0 Å². The highest BCUT2D eigenvalue weighted by atomic mass is 79.9.